The molecule has 126 valence electrons. The number of benzene rings is 2. The van der Waals surface area contributed by atoms with Crippen molar-refractivity contribution in [3.63, 3.8) is 0 Å². The number of aliphatic hydroxyl groups is 1. The van der Waals surface area contributed by atoms with Crippen molar-refractivity contribution in [3.8, 4) is 11.5 Å². The van der Waals surface area contributed by atoms with Gasteiger partial charge in [-0.25, -0.2) is 8.42 Å². The lowest BCUT2D eigenvalue weighted by Crippen LogP contribution is -2.36. The topological polar surface area (TPSA) is 76.1 Å². The molecule has 24 heavy (non-hydrogen) atoms. The molecule has 4 rings (SSSR count). The first-order valence-electron chi connectivity index (χ1n) is 7.68. The van der Waals surface area contributed by atoms with Crippen LogP contribution in [0.3, 0.4) is 0 Å². The minimum absolute atomic E-state index is 0.0941. The minimum Gasteiger partial charge on any atom is -0.454 e. The highest BCUT2D eigenvalue weighted by Gasteiger charge is 2.33. The van der Waals surface area contributed by atoms with Gasteiger partial charge in [0.2, 0.25) is 6.79 Å². The molecule has 0 amide bonds. The Morgan fingerprint density at radius 1 is 1.12 bits per heavy atom. The molecule has 2 aliphatic heterocycles. The van der Waals surface area contributed by atoms with Crippen LogP contribution < -0.4 is 13.8 Å². The van der Waals surface area contributed by atoms with E-state index >= 15 is 0 Å². The average Bonchev–Trinajstić information content (AvgIpc) is 3.03. The maximum Gasteiger partial charge on any atom is 0.264 e. The van der Waals surface area contributed by atoms with Crippen molar-refractivity contribution in [2.45, 2.75) is 24.3 Å². The molecule has 1 unspecified atom stereocenters. The summed E-state index contributed by atoms with van der Waals surface area (Å²) in [6.07, 6.45) is -0.289. The molecule has 7 heteroatoms. The number of anilines is 1. The third-order valence-electron chi connectivity index (χ3n) is 4.35. The van der Waals surface area contributed by atoms with Crippen molar-refractivity contribution >= 4 is 15.7 Å². The van der Waals surface area contributed by atoms with Crippen LogP contribution in [0.25, 0.3) is 0 Å². The van der Waals surface area contributed by atoms with Gasteiger partial charge in [-0.15, -0.1) is 0 Å². The van der Waals surface area contributed by atoms with E-state index in [1.807, 2.05) is 19.1 Å². The highest BCUT2D eigenvalue weighted by atomic mass is 32.2. The summed E-state index contributed by atoms with van der Waals surface area (Å²) >= 11 is 0. The van der Waals surface area contributed by atoms with Crippen LogP contribution in [0.1, 0.15) is 23.7 Å². The first kappa shape index (κ1) is 15.3. The van der Waals surface area contributed by atoms with Gasteiger partial charge in [-0.05, 0) is 31.5 Å². The third-order valence-corrected chi connectivity index (χ3v) is 6.16. The zero-order valence-electron chi connectivity index (χ0n) is 13.1. The number of aryl methyl sites for hydroxylation is 1. The summed E-state index contributed by atoms with van der Waals surface area (Å²) in [6, 6.07) is 10.0. The van der Waals surface area contributed by atoms with Crippen LogP contribution in [0.15, 0.2) is 41.3 Å². The van der Waals surface area contributed by atoms with Gasteiger partial charge in [0.05, 0.1) is 16.7 Å². The molecule has 0 bridgehead atoms. The molecule has 0 fully saturated rings. The maximum atomic E-state index is 13.1. The molecule has 0 saturated heterocycles. The second kappa shape index (κ2) is 5.39. The summed E-state index contributed by atoms with van der Waals surface area (Å²) in [4.78, 5) is 0.148. The predicted octanol–water partition coefficient (Wildman–Crippen LogP) is 2.36. The number of ether oxygens (including phenoxy) is 2. The second-order valence-corrected chi connectivity index (χ2v) is 7.82. The summed E-state index contributed by atoms with van der Waals surface area (Å²) in [6.45, 7) is 2.24. The molecule has 6 nitrogen and oxygen atoms in total. The number of aliphatic hydroxyl groups excluding tert-OH is 1. The normalized spacial score (nSPS) is 19.2. The van der Waals surface area contributed by atoms with Crippen molar-refractivity contribution < 1.29 is 23.0 Å². The molecule has 0 aromatic heterocycles. The molecule has 0 aliphatic carbocycles. The van der Waals surface area contributed by atoms with E-state index in [1.165, 1.54) is 16.4 Å². The number of hydrogen-bond acceptors (Lipinski definition) is 5. The Bertz CT molecular complexity index is 909. The number of nitrogens with zero attached hydrogens (tertiary/aromatic N) is 1. The number of hydrogen-bond donors (Lipinski definition) is 1. The van der Waals surface area contributed by atoms with Gasteiger partial charge in [0.25, 0.3) is 10.0 Å². The molecule has 0 radical (unpaired) electrons. The fourth-order valence-corrected chi connectivity index (χ4v) is 4.62. The van der Waals surface area contributed by atoms with Crippen molar-refractivity contribution in [2.24, 2.45) is 0 Å². The fraction of sp³-hybridized carbons (Fsp3) is 0.294. The minimum atomic E-state index is -3.75. The van der Waals surface area contributed by atoms with E-state index in [0.29, 0.717) is 29.2 Å². The van der Waals surface area contributed by atoms with E-state index in [0.717, 1.165) is 5.56 Å². The zero-order chi connectivity index (χ0) is 16.9. The van der Waals surface area contributed by atoms with Crippen molar-refractivity contribution in [1.82, 2.24) is 0 Å². The first-order chi connectivity index (χ1) is 11.5. The van der Waals surface area contributed by atoms with Gasteiger partial charge in [0.15, 0.2) is 11.5 Å². The molecule has 2 aliphatic rings. The van der Waals surface area contributed by atoms with Crippen LogP contribution in [0.4, 0.5) is 5.69 Å². The third kappa shape index (κ3) is 2.32. The van der Waals surface area contributed by atoms with Gasteiger partial charge >= 0.3 is 0 Å². The number of rotatable bonds is 2. The van der Waals surface area contributed by atoms with Gasteiger partial charge < -0.3 is 14.6 Å². The standard InChI is InChI=1S/C17H17NO5S/c1-11-2-4-14-13(8-11)15(19)6-7-18(14)24(20,21)12-3-5-16-17(9-12)23-10-22-16/h2-5,8-9,15,19H,6-7,10H2,1H3. The van der Waals surface area contributed by atoms with Crippen LogP contribution >= 0.6 is 0 Å². The van der Waals surface area contributed by atoms with Gasteiger partial charge in [0.1, 0.15) is 0 Å². The molecule has 2 heterocycles. The largest absolute Gasteiger partial charge is 0.454 e. The molecular formula is C17H17NO5S. The van der Waals surface area contributed by atoms with Crippen LogP contribution in [0.5, 0.6) is 11.5 Å². The molecule has 0 saturated carbocycles. The van der Waals surface area contributed by atoms with E-state index < -0.39 is 16.1 Å². The molecule has 2 aromatic carbocycles. The van der Waals surface area contributed by atoms with Gasteiger partial charge in [-0.1, -0.05) is 17.7 Å². The molecule has 2 aromatic rings. The summed E-state index contributed by atoms with van der Waals surface area (Å²) in [7, 11) is -3.75. The summed E-state index contributed by atoms with van der Waals surface area (Å²) in [5.41, 5.74) is 2.15. The number of sulfonamides is 1. The quantitative estimate of drug-likeness (QED) is 0.902. The predicted molar refractivity (Wildman–Crippen MR) is 87.9 cm³/mol. The first-order valence-corrected chi connectivity index (χ1v) is 9.12. The van der Waals surface area contributed by atoms with E-state index in [1.54, 1.807) is 12.1 Å². The Morgan fingerprint density at radius 3 is 2.75 bits per heavy atom. The van der Waals surface area contributed by atoms with E-state index in [2.05, 4.69) is 0 Å². The van der Waals surface area contributed by atoms with Crippen molar-refractivity contribution in [1.29, 1.82) is 0 Å². The fourth-order valence-electron chi connectivity index (χ4n) is 3.10. The van der Waals surface area contributed by atoms with Crippen LogP contribution in [0, 0.1) is 6.92 Å². The Hall–Kier alpha value is -2.25. The van der Waals surface area contributed by atoms with Crippen LogP contribution in [-0.2, 0) is 10.0 Å². The monoisotopic (exact) mass is 347 g/mol. The molecular weight excluding hydrogens is 330 g/mol. The van der Waals surface area contributed by atoms with Gasteiger partial charge in [-0.2, -0.15) is 0 Å². The van der Waals surface area contributed by atoms with E-state index in [9.17, 15) is 13.5 Å². The Balaban J connectivity index is 1.80. The van der Waals surface area contributed by atoms with Crippen LogP contribution in [-0.4, -0.2) is 26.9 Å². The smallest absolute Gasteiger partial charge is 0.264 e. The maximum absolute atomic E-state index is 13.1. The van der Waals surface area contributed by atoms with Gasteiger partial charge in [0, 0.05) is 18.2 Å². The Kier molecular flexibility index (Phi) is 3.43. The Labute approximate surface area is 140 Å². The van der Waals surface area contributed by atoms with Crippen molar-refractivity contribution in [3.05, 3.63) is 47.5 Å². The second-order valence-electron chi connectivity index (χ2n) is 5.96. The van der Waals surface area contributed by atoms with Crippen LogP contribution in [0.2, 0.25) is 0 Å². The summed E-state index contributed by atoms with van der Waals surface area (Å²) < 4.78 is 38.0. The average molecular weight is 347 g/mol. The lowest BCUT2D eigenvalue weighted by Gasteiger charge is -2.33. The molecule has 1 atom stereocenters. The lowest BCUT2D eigenvalue weighted by molar-refractivity contribution is 0.166. The number of fused-ring (bicyclic) bond motifs is 2. The van der Waals surface area contributed by atoms with Crippen molar-refractivity contribution in [2.75, 3.05) is 17.6 Å². The zero-order valence-corrected chi connectivity index (χ0v) is 13.9. The lowest BCUT2D eigenvalue weighted by atomic mass is 9.99. The highest BCUT2D eigenvalue weighted by molar-refractivity contribution is 7.92. The SMILES string of the molecule is Cc1ccc2c(c1)C(O)CCN2S(=O)(=O)c1ccc2c(c1)OCO2. The van der Waals surface area contributed by atoms with E-state index in [-0.39, 0.29) is 18.2 Å². The molecule has 0 spiro atoms. The molecule has 1 N–H and O–H groups in total. The summed E-state index contributed by atoms with van der Waals surface area (Å²) in [5.74, 6) is 0.969. The van der Waals surface area contributed by atoms with E-state index in [4.69, 9.17) is 9.47 Å². The Morgan fingerprint density at radius 2 is 1.92 bits per heavy atom. The summed E-state index contributed by atoms with van der Waals surface area (Å²) in [5, 5.41) is 10.2. The van der Waals surface area contributed by atoms with Gasteiger partial charge in [-0.3, -0.25) is 4.31 Å². The highest BCUT2D eigenvalue weighted by Crippen LogP contribution is 2.39.